The molecule has 1 amide bonds. The largest absolute Gasteiger partial charge is 0.444 e. The molecule has 2 saturated heterocycles. The fourth-order valence-corrected chi connectivity index (χ4v) is 4.65. The first-order valence-corrected chi connectivity index (χ1v) is 10.3. The van der Waals surface area contributed by atoms with E-state index in [4.69, 9.17) is 4.74 Å². The molecule has 150 valence electrons. The lowest BCUT2D eigenvalue weighted by molar-refractivity contribution is 0.000595. The third-order valence-electron chi connectivity index (χ3n) is 5.71. The summed E-state index contributed by atoms with van der Waals surface area (Å²) >= 11 is 0. The fraction of sp³-hybridized carbons (Fsp3) is 0.682. The lowest BCUT2D eigenvalue weighted by atomic mass is 9.70. The van der Waals surface area contributed by atoms with E-state index in [1.807, 2.05) is 32.9 Å². The normalized spacial score (nSPS) is 25.4. The third-order valence-corrected chi connectivity index (χ3v) is 5.71. The number of fused-ring (bicyclic) bond motifs is 3. The number of amides is 1. The zero-order chi connectivity index (χ0) is 19.4. The Morgan fingerprint density at radius 2 is 2.00 bits per heavy atom. The molecule has 1 aliphatic carbocycles. The summed E-state index contributed by atoms with van der Waals surface area (Å²) in [6, 6.07) is 7.59. The summed E-state index contributed by atoms with van der Waals surface area (Å²) in [7, 11) is 0. The van der Waals surface area contributed by atoms with Gasteiger partial charge in [0, 0.05) is 25.7 Å². The molecule has 1 aromatic rings. The summed E-state index contributed by atoms with van der Waals surface area (Å²) in [5.74, 6) is 1.27. The van der Waals surface area contributed by atoms with E-state index in [0.717, 1.165) is 25.3 Å². The number of ether oxygens (including phenoxy) is 1. The second-order valence-electron chi connectivity index (χ2n) is 9.11. The molecule has 1 N–H and O–H groups in total. The Balaban J connectivity index is 1.45. The zero-order valence-electron chi connectivity index (χ0n) is 16.8. The van der Waals surface area contributed by atoms with Gasteiger partial charge in [0.05, 0.1) is 0 Å². The van der Waals surface area contributed by atoms with Crippen molar-refractivity contribution in [3.63, 3.8) is 0 Å². The molecule has 1 aromatic carbocycles. The highest BCUT2D eigenvalue weighted by Gasteiger charge is 2.40. The summed E-state index contributed by atoms with van der Waals surface area (Å²) in [6.45, 7) is 8.45. The lowest BCUT2D eigenvalue weighted by Gasteiger charge is -2.50. The molecule has 2 aliphatic heterocycles. The molecule has 5 heteroatoms. The second-order valence-corrected chi connectivity index (χ2v) is 9.11. The number of benzene rings is 1. The van der Waals surface area contributed by atoms with Gasteiger partial charge in [-0.25, -0.2) is 9.18 Å². The highest BCUT2D eigenvalue weighted by molar-refractivity contribution is 5.67. The Bertz CT molecular complexity index is 626. The van der Waals surface area contributed by atoms with E-state index >= 15 is 0 Å². The minimum atomic E-state index is -0.455. The van der Waals surface area contributed by atoms with E-state index in [9.17, 15) is 9.18 Å². The quantitative estimate of drug-likeness (QED) is 0.749. The number of nitrogens with one attached hydrogen (secondary N) is 1. The van der Waals surface area contributed by atoms with Crippen molar-refractivity contribution in [2.24, 2.45) is 11.8 Å². The maximum Gasteiger partial charge on any atom is 0.407 e. The molecule has 0 aromatic heterocycles. The standard InChI is InChI=1S/C22H33FN2O2/c1-22(2,3)27-21(26)24-11-4-12-25-15-17-7-10-20(25)18(14-17)13-16-5-8-19(23)9-6-16/h5-6,8-9,17-18,20H,4,7,10-15H2,1-3H3,(H,24,26)/t17-,18-,20+/m0/s1. The first-order chi connectivity index (χ1) is 12.8. The highest BCUT2D eigenvalue weighted by atomic mass is 19.1. The van der Waals surface area contributed by atoms with Gasteiger partial charge in [0.25, 0.3) is 0 Å². The number of hydrogen-bond acceptors (Lipinski definition) is 3. The van der Waals surface area contributed by atoms with E-state index in [0.29, 0.717) is 18.5 Å². The van der Waals surface area contributed by atoms with Crippen LogP contribution in [-0.4, -0.2) is 42.3 Å². The van der Waals surface area contributed by atoms with Crippen LogP contribution in [0.15, 0.2) is 24.3 Å². The number of hydrogen-bond donors (Lipinski definition) is 1. The Morgan fingerprint density at radius 1 is 1.26 bits per heavy atom. The molecule has 3 atom stereocenters. The summed E-state index contributed by atoms with van der Waals surface area (Å²) in [4.78, 5) is 14.4. The minimum Gasteiger partial charge on any atom is -0.444 e. The highest BCUT2D eigenvalue weighted by Crippen LogP contribution is 2.40. The van der Waals surface area contributed by atoms with Gasteiger partial charge in [-0.15, -0.1) is 0 Å². The number of alkyl carbamates (subject to hydrolysis) is 1. The average molecular weight is 377 g/mol. The van der Waals surface area contributed by atoms with E-state index in [1.165, 1.54) is 31.4 Å². The van der Waals surface area contributed by atoms with Crippen molar-refractivity contribution >= 4 is 6.09 Å². The molecule has 0 spiro atoms. The summed E-state index contributed by atoms with van der Waals surface area (Å²) < 4.78 is 18.4. The summed E-state index contributed by atoms with van der Waals surface area (Å²) in [5.41, 5.74) is 0.782. The number of carbonyl (C=O) groups is 1. The van der Waals surface area contributed by atoms with Gasteiger partial charge >= 0.3 is 6.09 Å². The Hall–Kier alpha value is -1.62. The van der Waals surface area contributed by atoms with Crippen LogP contribution in [0.25, 0.3) is 0 Å². The van der Waals surface area contributed by atoms with Gasteiger partial charge in [-0.1, -0.05) is 12.1 Å². The Morgan fingerprint density at radius 3 is 2.67 bits per heavy atom. The zero-order valence-corrected chi connectivity index (χ0v) is 16.8. The molecule has 2 heterocycles. The maximum atomic E-state index is 13.2. The van der Waals surface area contributed by atoms with Gasteiger partial charge in [0.2, 0.25) is 0 Å². The lowest BCUT2D eigenvalue weighted by Crippen LogP contribution is -2.54. The summed E-state index contributed by atoms with van der Waals surface area (Å²) in [5, 5.41) is 2.86. The number of carbonyl (C=O) groups excluding carboxylic acids is 1. The van der Waals surface area contributed by atoms with Crippen LogP contribution in [0, 0.1) is 17.7 Å². The van der Waals surface area contributed by atoms with Gasteiger partial charge < -0.3 is 10.1 Å². The van der Waals surface area contributed by atoms with Gasteiger partial charge in [-0.3, -0.25) is 4.90 Å². The number of halogens is 1. The van der Waals surface area contributed by atoms with Crippen LogP contribution >= 0.6 is 0 Å². The number of nitrogens with zero attached hydrogens (tertiary/aromatic N) is 1. The predicted octanol–water partition coefficient (Wildman–Crippen LogP) is 4.38. The van der Waals surface area contributed by atoms with Crippen LogP contribution in [0.4, 0.5) is 9.18 Å². The van der Waals surface area contributed by atoms with Gasteiger partial charge in [-0.05, 0) is 82.4 Å². The van der Waals surface area contributed by atoms with Crippen LogP contribution < -0.4 is 5.32 Å². The van der Waals surface area contributed by atoms with E-state index in [2.05, 4.69) is 10.2 Å². The van der Waals surface area contributed by atoms with Crippen molar-refractivity contribution in [1.29, 1.82) is 0 Å². The smallest absolute Gasteiger partial charge is 0.407 e. The Kier molecular flexibility index (Phi) is 6.40. The van der Waals surface area contributed by atoms with Crippen molar-refractivity contribution in [3.8, 4) is 0 Å². The molecule has 3 aliphatic rings. The van der Waals surface area contributed by atoms with Crippen molar-refractivity contribution in [3.05, 3.63) is 35.6 Å². The molecule has 4 nitrogen and oxygen atoms in total. The molecular weight excluding hydrogens is 343 g/mol. The van der Waals surface area contributed by atoms with Gasteiger partial charge in [-0.2, -0.15) is 0 Å². The minimum absolute atomic E-state index is 0.164. The van der Waals surface area contributed by atoms with E-state index in [-0.39, 0.29) is 11.9 Å². The van der Waals surface area contributed by atoms with Crippen molar-refractivity contribution < 1.29 is 13.9 Å². The third kappa shape index (κ3) is 5.93. The van der Waals surface area contributed by atoms with Crippen LogP contribution in [0.1, 0.15) is 52.0 Å². The molecule has 4 rings (SSSR count). The molecule has 1 saturated carbocycles. The topological polar surface area (TPSA) is 41.6 Å². The van der Waals surface area contributed by atoms with Gasteiger partial charge in [0.1, 0.15) is 11.4 Å². The molecular formula is C22H33FN2O2. The van der Waals surface area contributed by atoms with E-state index < -0.39 is 5.60 Å². The molecule has 3 fully saturated rings. The summed E-state index contributed by atoms with van der Waals surface area (Å²) in [6.07, 6.45) is 5.51. The first kappa shape index (κ1) is 20.1. The Labute approximate surface area is 162 Å². The molecule has 2 bridgehead atoms. The van der Waals surface area contributed by atoms with Crippen molar-refractivity contribution in [1.82, 2.24) is 10.2 Å². The van der Waals surface area contributed by atoms with Crippen LogP contribution in [-0.2, 0) is 11.2 Å². The monoisotopic (exact) mass is 376 g/mol. The van der Waals surface area contributed by atoms with Crippen LogP contribution in [0.2, 0.25) is 0 Å². The SMILES string of the molecule is CC(C)(C)OC(=O)NCCCN1C[C@H]2CC[C@@H]1[C@@H](Cc1ccc(F)cc1)C2. The molecule has 0 radical (unpaired) electrons. The fourth-order valence-electron chi connectivity index (χ4n) is 4.65. The van der Waals surface area contributed by atoms with Crippen LogP contribution in [0.5, 0.6) is 0 Å². The van der Waals surface area contributed by atoms with Gasteiger partial charge in [0.15, 0.2) is 0 Å². The van der Waals surface area contributed by atoms with Crippen LogP contribution in [0.3, 0.4) is 0 Å². The molecule has 0 unspecified atom stereocenters. The van der Waals surface area contributed by atoms with Crippen molar-refractivity contribution in [2.75, 3.05) is 19.6 Å². The predicted molar refractivity (Wildman–Crippen MR) is 105 cm³/mol. The first-order valence-electron chi connectivity index (χ1n) is 10.3. The van der Waals surface area contributed by atoms with E-state index in [1.54, 1.807) is 12.1 Å². The average Bonchev–Trinajstić information content (AvgIpc) is 2.60. The molecule has 27 heavy (non-hydrogen) atoms. The van der Waals surface area contributed by atoms with Crippen molar-refractivity contribution in [2.45, 2.75) is 64.5 Å². The number of piperidine rings is 2. The maximum absolute atomic E-state index is 13.2. The number of rotatable bonds is 6. The second kappa shape index (κ2) is 8.59.